The largest absolute Gasteiger partial charge is 0.356 e. The summed E-state index contributed by atoms with van der Waals surface area (Å²) in [5.74, 6) is -0.182. The predicted octanol–water partition coefficient (Wildman–Crippen LogP) is -0.874. The van der Waals surface area contributed by atoms with Gasteiger partial charge < -0.3 is 15.4 Å². The minimum Gasteiger partial charge on any atom is -0.356 e. The number of nitrogens with one attached hydrogen (secondary N) is 2. The van der Waals surface area contributed by atoms with Gasteiger partial charge in [0.15, 0.2) is 0 Å². The number of thiol groups is 1. The maximum atomic E-state index is 11.1. The van der Waals surface area contributed by atoms with E-state index in [1.165, 1.54) is 6.92 Å². The average molecular weight is 218 g/mol. The fourth-order valence-corrected chi connectivity index (χ4v) is 0.931. The minimum absolute atomic E-state index is 0.164. The van der Waals surface area contributed by atoms with Gasteiger partial charge in [-0.05, 0) is 0 Å². The van der Waals surface area contributed by atoms with Gasteiger partial charge in [-0.25, -0.2) is 0 Å². The van der Waals surface area contributed by atoms with E-state index >= 15 is 0 Å². The van der Waals surface area contributed by atoms with E-state index in [-0.39, 0.29) is 30.5 Å². The topological polar surface area (TPSA) is 75.3 Å². The van der Waals surface area contributed by atoms with Crippen LogP contribution in [0.25, 0.3) is 0 Å². The standard InChI is InChI=1S/C8H14N2O3S/c1-6(12)9-3-2-8(13)10-7(4-11)5-14/h4,7,14H,2-3,5H2,1H3,(H,9,12)(H,10,13). The van der Waals surface area contributed by atoms with E-state index in [1.54, 1.807) is 0 Å². The molecule has 0 spiro atoms. The van der Waals surface area contributed by atoms with Crippen LogP contribution in [0.1, 0.15) is 13.3 Å². The summed E-state index contributed by atoms with van der Waals surface area (Å²) < 4.78 is 0. The van der Waals surface area contributed by atoms with Gasteiger partial charge in [0, 0.05) is 25.6 Å². The predicted molar refractivity (Wildman–Crippen MR) is 55.1 cm³/mol. The summed E-state index contributed by atoms with van der Waals surface area (Å²) in [7, 11) is 0. The van der Waals surface area contributed by atoms with Gasteiger partial charge in [0.1, 0.15) is 6.29 Å². The van der Waals surface area contributed by atoms with Gasteiger partial charge in [-0.3, -0.25) is 9.59 Å². The number of hydrogen-bond acceptors (Lipinski definition) is 4. The Kier molecular flexibility index (Phi) is 6.82. The Labute approximate surface area is 88.0 Å². The zero-order valence-electron chi connectivity index (χ0n) is 7.95. The Morgan fingerprint density at radius 1 is 1.50 bits per heavy atom. The Balaban J connectivity index is 3.64. The summed E-state index contributed by atoms with van der Waals surface area (Å²) >= 11 is 3.88. The zero-order valence-corrected chi connectivity index (χ0v) is 8.84. The first-order chi connectivity index (χ1) is 6.60. The third-order valence-corrected chi connectivity index (χ3v) is 1.83. The molecule has 2 N–H and O–H groups in total. The Hall–Kier alpha value is -1.04. The van der Waals surface area contributed by atoms with Gasteiger partial charge in [0.2, 0.25) is 11.8 Å². The molecule has 2 amide bonds. The van der Waals surface area contributed by atoms with Crippen LogP contribution < -0.4 is 10.6 Å². The molecule has 0 bridgehead atoms. The summed E-state index contributed by atoms with van der Waals surface area (Å²) in [6.45, 7) is 1.65. The van der Waals surface area contributed by atoms with Gasteiger partial charge in [0.05, 0.1) is 6.04 Å². The minimum atomic E-state index is -0.553. The lowest BCUT2D eigenvalue weighted by atomic mass is 10.3. The molecule has 5 nitrogen and oxygen atoms in total. The molecule has 0 aromatic heterocycles. The highest BCUT2D eigenvalue weighted by Gasteiger charge is 2.08. The van der Waals surface area contributed by atoms with Crippen molar-refractivity contribution in [3.05, 3.63) is 0 Å². The molecule has 0 aliphatic carbocycles. The van der Waals surface area contributed by atoms with Crippen LogP contribution in [0.2, 0.25) is 0 Å². The van der Waals surface area contributed by atoms with E-state index in [4.69, 9.17) is 0 Å². The van der Waals surface area contributed by atoms with Crippen molar-refractivity contribution in [2.24, 2.45) is 0 Å². The molecule has 80 valence electrons. The number of aldehydes is 1. The van der Waals surface area contributed by atoms with Gasteiger partial charge in [-0.15, -0.1) is 0 Å². The van der Waals surface area contributed by atoms with E-state index < -0.39 is 6.04 Å². The Bertz CT molecular complexity index is 221. The number of carbonyl (C=O) groups excluding carboxylic acids is 3. The maximum Gasteiger partial charge on any atom is 0.222 e. The van der Waals surface area contributed by atoms with Gasteiger partial charge >= 0.3 is 0 Å². The van der Waals surface area contributed by atoms with Gasteiger partial charge in [-0.2, -0.15) is 12.6 Å². The summed E-state index contributed by atoms with van der Waals surface area (Å²) in [6.07, 6.45) is 0.793. The molecular formula is C8H14N2O3S. The normalized spacial score (nSPS) is 11.6. The second kappa shape index (κ2) is 7.37. The van der Waals surface area contributed by atoms with Crippen molar-refractivity contribution in [3.63, 3.8) is 0 Å². The molecule has 1 unspecified atom stereocenters. The summed E-state index contributed by atoms with van der Waals surface area (Å²) in [6, 6.07) is -0.553. The van der Waals surface area contributed by atoms with Crippen LogP contribution in [0.4, 0.5) is 0 Å². The third kappa shape index (κ3) is 6.47. The van der Waals surface area contributed by atoms with E-state index in [1.807, 2.05) is 0 Å². The van der Waals surface area contributed by atoms with Crippen LogP contribution in [0, 0.1) is 0 Å². The molecule has 0 heterocycles. The molecule has 0 radical (unpaired) electrons. The first kappa shape index (κ1) is 13.0. The molecular weight excluding hydrogens is 204 g/mol. The molecule has 0 fully saturated rings. The molecule has 6 heteroatoms. The van der Waals surface area contributed by atoms with E-state index in [0.717, 1.165) is 0 Å². The molecule has 0 saturated heterocycles. The number of hydrogen-bond donors (Lipinski definition) is 3. The fraction of sp³-hybridized carbons (Fsp3) is 0.625. The van der Waals surface area contributed by atoms with Crippen LogP contribution in [0.5, 0.6) is 0 Å². The molecule has 0 aliphatic rings. The van der Waals surface area contributed by atoms with Crippen molar-refractivity contribution in [2.75, 3.05) is 12.3 Å². The van der Waals surface area contributed by atoms with Crippen LogP contribution in [-0.4, -0.2) is 36.4 Å². The lowest BCUT2D eigenvalue weighted by Crippen LogP contribution is -2.38. The molecule has 0 aliphatic heterocycles. The Morgan fingerprint density at radius 2 is 2.14 bits per heavy atom. The highest BCUT2D eigenvalue weighted by atomic mass is 32.1. The molecule has 0 rings (SSSR count). The summed E-state index contributed by atoms with van der Waals surface area (Å²) in [4.78, 5) is 31.9. The summed E-state index contributed by atoms with van der Waals surface area (Å²) in [5, 5.41) is 4.93. The van der Waals surface area contributed by atoms with Crippen molar-refractivity contribution in [2.45, 2.75) is 19.4 Å². The lowest BCUT2D eigenvalue weighted by molar-refractivity contribution is -0.124. The lowest BCUT2D eigenvalue weighted by Gasteiger charge is -2.09. The molecule has 0 aromatic carbocycles. The highest BCUT2D eigenvalue weighted by Crippen LogP contribution is 1.85. The molecule has 1 atom stereocenters. The zero-order chi connectivity index (χ0) is 11.0. The first-order valence-electron chi connectivity index (χ1n) is 4.20. The van der Waals surface area contributed by atoms with Crippen LogP contribution in [0.3, 0.4) is 0 Å². The number of carbonyl (C=O) groups is 3. The second-order valence-electron chi connectivity index (χ2n) is 2.73. The van der Waals surface area contributed by atoms with Gasteiger partial charge in [-0.1, -0.05) is 0 Å². The maximum absolute atomic E-state index is 11.1. The fourth-order valence-electron chi connectivity index (χ4n) is 0.754. The van der Waals surface area contributed by atoms with Crippen molar-refractivity contribution in [1.29, 1.82) is 0 Å². The average Bonchev–Trinajstić information content (AvgIpc) is 2.13. The molecule has 0 saturated carbocycles. The molecule has 14 heavy (non-hydrogen) atoms. The van der Waals surface area contributed by atoms with Crippen molar-refractivity contribution in [1.82, 2.24) is 10.6 Å². The van der Waals surface area contributed by atoms with Crippen molar-refractivity contribution in [3.8, 4) is 0 Å². The first-order valence-corrected chi connectivity index (χ1v) is 4.83. The monoisotopic (exact) mass is 218 g/mol. The summed E-state index contributed by atoms with van der Waals surface area (Å²) in [5.41, 5.74) is 0. The van der Waals surface area contributed by atoms with Crippen molar-refractivity contribution >= 4 is 30.7 Å². The quantitative estimate of drug-likeness (QED) is 0.400. The molecule has 0 aromatic rings. The van der Waals surface area contributed by atoms with Gasteiger partial charge in [0.25, 0.3) is 0 Å². The van der Waals surface area contributed by atoms with Crippen LogP contribution in [-0.2, 0) is 14.4 Å². The Morgan fingerprint density at radius 3 is 2.57 bits per heavy atom. The third-order valence-electron chi connectivity index (χ3n) is 1.43. The van der Waals surface area contributed by atoms with Crippen molar-refractivity contribution < 1.29 is 14.4 Å². The SMILES string of the molecule is CC(=O)NCCC(=O)NC(C=O)CS. The number of rotatable bonds is 6. The van der Waals surface area contributed by atoms with Crippen LogP contribution >= 0.6 is 12.6 Å². The highest BCUT2D eigenvalue weighted by molar-refractivity contribution is 7.80. The number of amides is 2. The smallest absolute Gasteiger partial charge is 0.222 e. The van der Waals surface area contributed by atoms with E-state index in [2.05, 4.69) is 23.3 Å². The van der Waals surface area contributed by atoms with E-state index in [0.29, 0.717) is 6.29 Å². The second-order valence-corrected chi connectivity index (χ2v) is 3.09. The van der Waals surface area contributed by atoms with Crippen LogP contribution in [0.15, 0.2) is 0 Å². The van der Waals surface area contributed by atoms with E-state index in [9.17, 15) is 14.4 Å².